The third-order valence-electron chi connectivity index (χ3n) is 4.62. The quantitative estimate of drug-likeness (QED) is 0.722. The van der Waals surface area contributed by atoms with E-state index in [2.05, 4.69) is 20.1 Å². The van der Waals surface area contributed by atoms with Gasteiger partial charge in [0.1, 0.15) is 11.6 Å². The van der Waals surface area contributed by atoms with Gasteiger partial charge in [-0.05, 0) is 44.9 Å². The van der Waals surface area contributed by atoms with Crippen LogP contribution in [-0.4, -0.2) is 25.9 Å². The molecular weight excluding hydrogens is 375 g/mol. The average Bonchev–Trinajstić information content (AvgIpc) is 2.98. The standard InChI is InChI=1S/C18H22ClFN4OS/c1-11(17(25)21-16-9-8-13(20)10-15(16)19)26-18-23-22-12(2)24(18)14-6-4-3-5-7-14/h8-11,14H,3-7H2,1-2H3,(H,21,25)/t11-/m0/s1. The van der Waals surface area contributed by atoms with Crippen molar-refractivity contribution in [2.24, 2.45) is 0 Å². The van der Waals surface area contributed by atoms with E-state index >= 15 is 0 Å². The van der Waals surface area contributed by atoms with E-state index in [1.807, 2.05) is 13.8 Å². The Morgan fingerprint density at radius 3 is 2.77 bits per heavy atom. The fourth-order valence-electron chi connectivity index (χ4n) is 3.23. The van der Waals surface area contributed by atoms with Crippen LogP contribution in [0.5, 0.6) is 0 Å². The summed E-state index contributed by atoms with van der Waals surface area (Å²) >= 11 is 7.36. The number of nitrogens with one attached hydrogen (secondary N) is 1. The number of hydrogen-bond donors (Lipinski definition) is 1. The fourth-order valence-corrected chi connectivity index (χ4v) is 4.41. The second kappa shape index (κ2) is 8.39. The van der Waals surface area contributed by atoms with Crippen LogP contribution >= 0.6 is 23.4 Å². The summed E-state index contributed by atoms with van der Waals surface area (Å²) in [6.45, 7) is 3.77. The average molecular weight is 397 g/mol. The molecule has 1 fully saturated rings. The van der Waals surface area contributed by atoms with Gasteiger partial charge in [-0.3, -0.25) is 4.79 Å². The fraction of sp³-hybridized carbons (Fsp3) is 0.500. The Morgan fingerprint density at radius 2 is 2.08 bits per heavy atom. The molecule has 26 heavy (non-hydrogen) atoms. The first kappa shape index (κ1) is 19.2. The van der Waals surface area contributed by atoms with Crippen LogP contribution in [0.25, 0.3) is 0 Å². The van der Waals surface area contributed by atoms with Gasteiger partial charge in [0.05, 0.1) is 16.0 Å². The van der Waals surface area contributed by atoms with Gasteiger partial charge in [0, 0.05) is 6.04 Å². The van der Waals surface area contributed by atoms with Crippen LogP contribution in [0.1, 0.15) is 50.9 Å². The highest BCUT2D eigenvalue weighted by atomic mass is 35.5. The minimum absolute atomic E-state index is 0.178. The van der Waals surface area contributed by atoms with Crippen molar-refractivity contribution in [1.82, 2.24) is 14.8 Å². The molecule has 8 heteroatoms. The summed E-state index contributed by atoms with van der Waals surface area (Å²) in [6, 6.07) is 4.31. The number of benzene rings is 1. The van der Waals surface area contributed by atoms with Gasteiger partial charge in [-0.15, -0.1) is 10.2 Å². The number of hydrogen-bond acceptors (Lipinski definition) is 4. The third kappa shape index (κ3) is 4.38. The molecule has 1 aromatic carbocycles. The summed E-state index contributed by atoms with van der Waals surface area (Å²) in [5.41, 5.74) is 0.399. The zero-order valence-corrected chi connectivity index (χ0v) is 16.4. The summed E-state index contributed by atoms with van der Waals surface area (Å²) in [4.78, 5) is 12.5. The van der Waals surface area contributed by atoms with E-state index in [1.165, 1.54) is 49.2 Å². The lowest BCUT2D eigenvalue weighted by Gasteiger charge is -2.25. The van der Waals surface area contributed by atoms with Crippen LogP contribution in [0.2, 0.25) is 5.02 Å². The lowest BCUT2D eigenvalue weighted by molar-refractivity contribution is -0.115. The van der Waals surface area contributed by atoms with Crippen LogP contribution < -0.4 is 5.32 Å². The molecule has 1 aromatic heterocycles. The molecule has 140 valence electrons. The molecule has 5 nitrogen and oxygen atoms in total. The second-order valence-corrected chi connectivity index (χ2v) is 8.28. The molecule has 1 heterocycles. The molecule has 0 radical (unpaired) electrons. The molecular formula is C18H22ClFN4OS. The molecule has 2 aromatic rings. The molecule has 1 atom stereocenters. The maximum Gasteiger partial charge on any atom is 0.237 e. The topological polar surface area (TPSA) is 59.8 Å². The Bertz CT molecular complexity index is 791. The van der Waals surface area contributed by atoms with Gasteiger partial charge in [-0.1, -0.05) is 42.6 Å². The predicted molar refractivity (Wildman–Crippen MR) is 102 cm³/mol. The predicted octanol–water partition coefficient (Wildman–Crippen LogP) is 5.00. The van der Waals surface area contributed by atoms with E-state index in [4.69, 9.17) is 11.6 Å². The summed E-state index contributed by atoms with van der Waals surface area (Å²) in [7, 11) is 0. The molecule has 0 aliphatic heterocycles. The van der Waals surface area contributed by atoms with Gasteiger partial charge in [0.25, 0.3) is 0 Å². The molecule has 0 unspecified atom stereocenters. The zero-order valence-electron chi connectivity index (χ0n) is 14.8. The Balaban J connectivity index is 1.69. The molecule has 0 saturated heterocycles. The number of amides is 1. The normalized spacial score (nSPS) is 16.5. The highest BCUT2D eigenvalue weighted by Gasteiger charge is 2.24. The molecule has 1 N–H and O–H groups in total. The highest BCUT2D eigenvalue weighted by molar-refractivity contribution is 8.00. The van der Waals surface area contributed by atoms with Gasteiger partial charge >= 0.3 is 0 Å². The number of aryl methyl sites for hydroxylation is 1. The molecule has 1 aliphatic carbocycles. The molecule has 0 spiro atoms. The van der Waals surface area contributed by atoms with Crippen molar-refractivity contribution < 1.29 is 9.18 Å². The maximum atomic E-state index is 13.1. The van der Waals surface area contributed by atoms with Crippen molar-refractivity contribution in [3.8, 4) is 0 Å². The summed E-state index contributed by atoms with van der Waals surface area (Å²) in [5, 5.41) is 11.8. The van der Waals surface area contributed by atoms with Crippen LogP contribution in [0, 0.1) is 12.7 Å². The van der Waals surface area contributed by atoms with Crippen LogP contribution in [0.15, 0.2) is 23.4 Å². The molecule has 1 aliphatic rings. The Morgan fingerprint density at radius 1 is 1.35 bits per heavy atom. The van der Waals surface area contributed by atoms with Crippen molar-refractivity contribution in [3.63, 3.8) is 0 Å². The largest absolute Gasteiger partial charge is 0.324 e. The summed E-state index contributed by atoms with van der Waals surface area (Å²) < 4.78 is 15.3. The summed E-state index contributed by atoms with van der Waals surface area (Å²) in [5.74, 6) is 0.236. The molecule has 1 saturated carbocycles. The zero-order chi connectivity index (χ0) is 18.7. The van der Waals surface area contributed by atoms with Crippen molar-refractivity contribution in [2.75, 3.05) is 5.32 Å². The number of carbonyl (C=O) groups excluding carboxylic acids is 1. The number of rotatable bonds is 5. The van der Waals surface area contributed by atoms with Crippen LogP contribution in [0.3, 0.4) is 0 Å². The van der Waals surface area contributed by atoms with E-state index in [0.29, 0.717) is 11.7 Å². The lowest BCUT2D eigenvalue weighted by Crippen LogP contribution is -2.24. The Hall–Kier alpha value is -1.60. The van der Waals surface area contributed by atoms with Gasteiger partial charge in [-0.25, -0.2) is 4.39 Å². The third-order valence-corrected chi connectivity index (χ3v) is 5.98. The van der Waals surface area contributed by atoms with Crippen molar-refractivity contribution in [2.45, 2.75) is 62.4 Å². The van der Waals surface area contributed by atoms with Crippen molar-refractivity contribution in [3.05, 3.63) is 34.9 Å². The van der Waals surface area contributed by atoms with Crippen LogP contribution in [-0.2, 0) is 4.79 Å². The molecule has 3 rings (SSSR count). The minimum Gasteiger partial charge on any atom is -0.324 e. The minimum atomic E-state index is -0.438. The highest BCUT2D eigenvalue weighted by Crippen LogP contribution is 2.34. The van der Waals surface area contributed by atoms with E-state index in [-0.39, 0.29) is 16.2 Å². The number of aromatic nitrogens is 3. The van der Waals surface area contributed by atoms with Gasteiger partial charge < -0.3 is 9.88 Å². The molecule has 1 amide bonds. The number of halogens is 2. The first-order valence-corrected chi connectivity index (χ1v) is 10.1. The Labute approximate surface area is 161 Å². The molecule has 0 bridgehead atoms. The first-order chi connectivity index (χ1) is 12.5. The number of thioether (sulfide) groups is 1. The SMILES string of the molecule is Cc1nnc(S[C@@H](C)C(=O)Nc2ccc(F)cc2Cl)n1C1CCCCC1. The van der Waals surface area contributed by atoms with Crippen molar-refractivity contribution >= 4 is 35.0 Å². The van der Waals surface area contributed by atoms with Gasteiger partial charge in [0.2, 0.25) is 5.91 Å². The second-order valence-electron chi connectivity index (χ2n) is 6.57. The first-order valence-electron chi connectivity index (χ1n) is 8.80. The summed E-state index contributed by atoms with van der Waals surface area (Å²) in [6.07, 6.45) is 5.95. The van der Waals surface area contributed by atoms with Crippen molar-refractivity contribution in [1.29, 1.82) is 0 Å². The van der Waals surface area contributed by atoms with E-state index in [9.17, 15) is 9.18 Å². The van der Waals surface area contributed by atoms with Crippen LogP contribution in [0.4, 0.5) is 10.1 Å². The smallest absolute Gasteiger partial charge is 0.237 e. The van der Waals surface area contributed by atoms with E-state index in [0.717, 1.165) is 23.8 Å². The Kier molecular flexibility index (Phi) is 6.19. The number of anilines is 1. The lowest BCUT2D eigenvalue weighted by atomic mass is 9.95. The number of nitrogens with zero attached hydrogens (tertiary/aromatic N) is 3. The van der Waals surface area contributed by atoms with E-state index < -0.39 is 5.82 Å². The maximum absolute atomic E-state index is 13.1. The van der Waals surface area contributed by atoms with Gasteiger partial charge in [-0.2, -0.15) is 0 Å². The van der Waals surface area contributed by atoms with E-state index in [1.54, 1.807) is 0 Å². The van der Waals surface area contributed by atoms with Gasteiger partial charge in [0.15, 0.2) is 5.16 Å². The monoisotopic (exact) mass is 396 g/mol. The number of carbonyl (C=O) groups is 1.